The third-order valence-electron chi connectivity index (χ3n) is 4.68. The van der Waals surface area contributed by atoms with Crippen molar-refractivity contribution < 1.29 is 4.74 Å². The van der Waals surface area contributed by atoms with Gasteiger partial charge in [0.25, 0.3) is 0 Å². The zero-order valence-electron chi connectivity index (χ0n) is 13.8. The van der Waals surface area contributed by atoms with Gasteiger partial charge in [-0.25, -0.2) is 0 Å². The monoisotopic (exact) mass is 320 g/mol. The van der Waals surface area contributed by atoms with E-state index in [1.165, 1.54) is 51.4 Å². The van der Waals surface area contributed by atoms with Crippen LogP contribution in [0.5, 0.6) is 5.75 Å². The first-order chi connectivity index (χ1) is 10.8. The lowest BCUT2D eigenvalue weighted by molar-refractivity contribution is 0.288. The molecule has 0 bridgehead atoms. The minimum atomic E-state index is 0.651. The van der Waals surface area contributed by atoms with Crippen molar-refractivity contribution >= 4 is 11.6 Å². The zero-order chi connectivity index (χ0) is 15.6. The molecule has 1 saturated carbocycles. The van der Waals surface area contributed by atoms with Crippen LogP contribution < -0.4 is 4.74 Å². The van der Waals surface area contributed by atoms with Crippen LogP contribution in [0.4, 0.5) is 0 Å². The molecule has 2 heteroatoms. The van der Waals surface area contributed by atoms with E-state index in [0.29, 0.717) is 6.61 Å². The van der Waals surface area contributed by atoms with Crippen molar-refractivity contribution in [1.29, 1.82) is 0 Å². The number of hydrogen-bond donors (Lipinski definition) is 0. The maximum absolute atomic E-state index is 5.86. The molecule has 0 N–H and O–H groups in total. The average molecular weight is 321 g/mol. The summed E-state index contributed by atoms with van der Waals surface area (Å²) in [6, 6.07) is 7.55. The van der Waals surface area contributed by atoms with Crippen LogP contribution >= 0.6 is 11.6 Å². The van der Waals surface area contributed by atoms with Crippen molar-refractivity contribution in [3.8, 4) is 5.75 Å². The van der Waals surface area contributed by atoms with Gasteiger partial charge in [-0.15, -0.1) is 0 Å². The Kier molecular flexibility index (Phi) is 7.87. The maximum atomic E-state index is 5.86. The summed E-state index contributed by atoms with van der Waals surface area (Å²) in [6.07, 6.45) is 15.7. The molecular formula is C20H29ClO. The van der Waals surface area contributed by atoms with Crippen LogP contribution in [0, 0.1) is 11.8 Å². The summed E-state index contributed by atoms with van der Waals surface area (Å²) < 4.78 is 5.69. The summed E-state index contributed by atoms with van der Waals surface area (Å²) in [4.78, 5) is 0. The normalized spacial score (nSPS) is 22.1. The second-order valence-corrected chi connectivity index (χ2v) is 6.91. The van der Waals surface area contributed by atoms with Gasteiger partial charge in [0, 0.05) is 5.02 Å². The third-order valence-corrected chi connectivity index (χ3v) is 4.93. The van der Waals surface area contributed by atoms with Gasteiger partial charge in [-0.3, -0.25) is 0 Å². The minimum Gasteiger partial charge on any atom is -0.490 e. The van der Waals surface area contributed by atoms with E-state index >= 15 is 0 Å². The fourth-order valence-electron chi connectivity index (χ4n) is 3.28. The molecular weight excluding hydrogens is 292 g/mol. The fraction of sp³-hybridized carbons (Fsp3) is 0.600. The summed E-state index contributed by atoms with van der Waals surface area (Å²) in [5.74, 6) is 2.63. The Hall–Kier alpha value is -0.950. The highest BCUT2D eigenvalue weighted by molar-refractivity contribution is 6.30. The Morgan fingerprint density at radius 1 is 1.09 bits per heavy atom. The molecule has 0 unspecified atom stereocenters. The van der Waals surface area contributed by atoms with Crippen molar-refractivity contribution in [3.05, 3.63) is 41.4 Å². The van der Waals surface area contributed by atoms with Crippen LogP contribution in [-0.2, 0) is 0 Å². The first kappa shape index (κ1) is 17.4. The molecule has 0 spiro atoms. The predicted octanol–water partition coefficient (Wildman–Crippen LogP) is 6.66. The molecule has 0 aliphatic heterocycles. The quantitative estimate of drug-likeness (QED) is 0.384. The minimum absolute atomic E-state index is 0.651. The molecule has 0 atom stereocenters. The lowest BCUT2D eigenvalue weighted by Crippen LogP contribution is -2.13. The Balaban J connectivity index is 1.60. The average Bonchev–Trinajstić information content (AvgIpc) is 2.55. The lowest BCUT2D eigenvalue weighted by Gasteiger charge is -2.26. The van der Waals surface area contributed by atoms with Gasteiger partial charge in [0.1, 0.15) is 12.4 Å². The number of halogens is 1. The van der Waals surface area contributed by atoms with Crippen LogP contribution in [0.15, 0.2) is 36.4 Å². The first-order valence-corrected chi connectivity index (χ1v) is 9.20. The van der Waals surface area contributed by atoms with Crippen LogP contribution in [0.25, 0.3) is 0 Å². The van der Waals surface area contributed by atoms with Crippen LogP contribution in [0.2, 0.25) is 5.02 Å². The fourth-order valence-corrected chi connectivity index (χ4v) is 3.40. The van der Waals surface area contributed by atoms with E-state index in [1.807, 2.05) is 24.3 Å². The summed E-state index contributed by atoms with van der Waals surface area (Å²) in [7, 11) is 0. The zero-order valence-corrected chi connectivity index (χ0v) is 14.5. The maximum Gasteiger partial charge on any atom is 0.119 e. The summed E-state index contributed by atoms with van der Waals surface area (Å²) in [6.45, 7) is 2.94. The number of allylic oxidation sites excluding steroid dienone is 1. The highest BCUT2D eigenvalue weighted by Crippen LogP contribution is 2.32. The molecule has 22 heavy (non-hydrogen) atoms. The second kappa shape index (κ2) is 9.94. The van der Waals surface area contributed by atoms with Crippen molar-refractivity contribution in [1.82, 2.24) is 0 Å². The smallest absolute Gasteiger partial charge is 0.119 e. The van der Waals surface area contributed by atoms with Gasteiger partial charge >= 0.3 is 0 Å². The van der Waals surface area contributed by atoms with Gasteiger partial charge in [0.05, 0.1) is 0 Å². The van der Waals surface area contributed by atoms with Gasteiger partial charge in [0.15, 0.2) is 0 Å². The van der Waals surface area contributed by atoms with E-state index in [0.717, 1.165) is 22.6 Å². The topological polar surface area (TPSA) is 9.23 Å². The molecule has 0 saturated heterocycles. The molecule has 0 radical (unpaired) electrons. The molecule has 1 aromatic rings. The van der Waals surface area contributed by atoms with Gasteiger partial charge in [-0.1, -0.05) is 56.4 Å². The van der Waals surface area contributed by atoms with Crippen LogP contribution in [0.3, 0.4) is 0 Å². The predicted molar refractivity (Wildman–Crippen MR) is 95.7 cm³/mol. The van der Waals surface area contributed by atoms with Crippen LogP contribution in [-0.4, -0.2) is 6.61 Å². The molecule has 0 heterocycles. The summed E-state index contributed by atoms with van der Waals surface area (Å²) >= 11 is 5.86. The summed E-state index contributed by atoms with van der Waals surface area (Å²) in [5.41, 5.74) is 0. The van der Waals surface area contributed by atoms with Crippen molar-refractivity contribution in [2.75, 3.05) is 6.61 Å². The molecule has 2 rings (SSSR count). The Morgan fingerprint density at radius 3 is 2.50 bits per heavy atom. The largest absolute Gasteiger partial charge is 0.490 e. The standard InChI is InChI=1S/C20H29ClO/c1-2-3-4-6-17-8-10-18(11-9-17)7-5-16-22-20-14-12-19(21)13-15-20/h5,7,12-15,17-18H,2-4,6,8-11,16H2,1H3. The molecule has 0 aromatic heterocycles. The number of unbranched alkanes of at least 4 members (excludes halogenated alkanes) is 2. The van der Waals surface area contributed by atoms with Gasteiger partial charge < -0.3 is 4.74 Å². The van der Waals surface area contributed by atoms with E-state index in [9.17, 15) is 0 Å². The van der Waals surface area contributed by atoms with Crippen molar-refractivity contribution in [2.24, 2.45) is 11.8 Å². The van der Waals surface area contributed by atoms with E-state index in [-0.39, 0.29) is 0 Å². The van der Waals surface area contributed by atoms with Crippen molar-refractivity contribution in [2.45, 2.75) is 58.3 Å². The Morgan fingerprint density at radius 2 is 1.82 bits per heavy atom. The highest BCUT2D eigenvalue weighted by Gasteiger charge is 2.18. The van der Waals surface area contributed by atoms with E-state index in [2.05, 4.69) is 19.1 Å². The molecule has 1 fully saturated rings. The Bertz CT molecular complexity index is 430. The lowest BCUT2D eigenvalue weighted by atomic mass is 9.79. The molecule has 0 amide bonds. The molecule has 1 aromatic carbocycles. The second-order valence-electron chi connectivity index (χ2n) is 6.47. The van der Waals surface area contributed by atoms with Gasteiger partial charge in [-0.05, 0) is 61.8 Å². The molecule has 1 aliphatic carbocycles. The number of rotatable bonds is 8. The van der Waals surface area contributed by atoms with E-state index < -0.39 is 0 Å². The SMILES string of the molecule is CCCCCC1CCC(C=CCOc2ccc(Cl)cc2)CC1. The molecule has 122 valence electrons. The Labute approximate surface area is 140 Å². The van der Waals surface area contributed by atoms with E-state index in [1.54, 1.807) is 0 Å². The summed E-state index contributed by atoms with van der Waals surface area (Å²) in [5, 5.41) is 0.749. The third kappa shape index (κ3) is 6.44. The van der Waals surface area contributed by atoms with Gasteiger partial charge in [0.2, 0.25) is 0 Å². The molecule has 1 nitrogen and oxygen atoms in total. The van der Waals surface area contributed by atoms with Crippen LogP contribution in [0.1, 0.15) is 58.3 Å². The number of ether oxygens (including phenoxy) is 1. The van der Waals surface area contributed by atoms with Gasteiger partial charge in [-0.2, -0.15) is 0 Å². The number of hydrogen-bond acceptors (Lipinski definition) is 1. The highest BCUT2D eigenvalue weighted by atomic mass is 35.5. The first-order valence-electron chi connectivity index (χ1n) is 8.83. The number of benzene rings is 1. The van der Waals surface area contributed by atoms with Crippen molar-refractivity contribution in [3.63, 3.8) is 0 Å². The molecule has 1 aliphatic rings. The van der Waals surface area contributed by atoms with E-state index in [4.69, 9.17) is 16.3 Å².